The van der Waals surface area contributed by atoms with Crippen molar-refractivity contribution < 1.29 is 37.3 Å². The van der Waals surface area contributed by atoms with Gasteiger partial charge < -0.3 is 28.5 Å². The van der Waals surface area contributed by atoms with Crippen molar-refractivity contribution in [3.63, 3.8) is 0 Å². The molecular weight excluding hydrogens is 964 g/mol. The highest BCUT2D eigenvalue weighted by atomic mass is 31.2. The monoisotopic (exact) mass is 1080 g/mol. The summed E-state index contributed by atoms with van der Waals surface area (Å²) in [6.45, 7) is 6.66. The molecule has 3 atom stereocenters. The number of nitrogens with zero attached hydrogens (tertiary/aromatic N) is 1. The highest BCUT2D eigenvalue weighted by Crippen LogP contribution is 2.38. The molecule has 0 aromatic heterocycles. The number of hydrogen-bond acceptors (Lipinski definition) is 7. The van der Waals surface area contributed by atoms with Crippen molar-refractivity contribution in [2.75, 3.05) is 40.9 Å². The predicted molar refractivity (Wildman–Crippen MR) is 325 cm³/mol. The molecule has 0 aliphatic heterocycles. The van der Waals surface area contributed by atoms with Gasteiger partial charge in [-0.3, -0.25) is 14.2 Å². The van der Waals surface area contributed by atoms with Crippen LogP contribution in [0.2, 0.25) is 0 Å². The summed E-state index contributed by atoms with van der Waals surface area (Å²) in [7, 11) is 1.13. The zero-order valence-corrected chi connectivity index (χ0v) is 50.8. The van der Waals surface area contributed by atoms with Crippen molar-refractivity contribution in [2.45, 2.75) is 270 Å². The second-order valence-corrected chi connectivity index (χ2v) is 23.2. The average molecular weight is 1080 g/mol. The predicted octanol–water partition coefficient (Wildman–Crippen LogP) is 18.5. The van der Waals surface area contributed by atoms with Crippen molar-refractivity contribution in [3.05, 3.63) is 97.2 Å². The van der Waals surface area contributed by atoms with Gasteiger partial charge in [0.05, 0.1) is 33.8 Å². The van der Waals surface area contributed by atoms with E-state index in [0.29, 0.717) is 23.9 Å². The van der Waals surface area contributed by atoms with E-state index in [9.17, 15) is 19.0 Å². The minimum absolute atomic E-state index is 0.0400. The summed E-state index contributed by atoms with van der Waals surface area (Å²) in [6.07, 6.45) is 73.9. The minimum Gasteiger partial charge on any atom is -0.756 e. The Morgan fingerprint density at radius 2 is 0.855 bits per heavy atom. The second kappa shape index (κ2) is 55.3. The number of hydrogen-bond donors (Lipinski definition) is 1. The van der Waals surface area contributed by atoms with Crippen molar-refractivity contribution in [1.29, 1.82) is 0 Å². The van der Waals surface area contributed by atoms with Crippen LogP contribution in [0.15, 0.2) is 97.2 Å². The van der Waals surface area contributed by atoms with Crippen LogP contribution < -0.4 is 10.2 Å². The molecule has 0 aromatic carbocycles. The first-order chi connectivity index (χ1) is 36.9. The van der Waals surface area contributed by atoms with Gasteiger partial charge in [0.15, 0.2) is 0 Å². The number of ether oxygens (including phenoxy) is 1. The molecule has 3 unspecified atom stereocenters. The SMILES string of the molecule is CC/C=C\C/C=C\C/C=C\C/C=C\C/C=C\C/C=C\CCC(=O)NC(COP(=O)([O-])OCC[N+](C)(C)C)C(/C=C/CCCCCCCCCCCC)OC(=O)CCCCCCCCCCC/C=C/CCCCCCCC. The average Bonchev–Trinajstić information content (AvgIpc) is 3.38. The molecule has 1 N–H and O–H groups in total. The molecule has 0 bridgehead atoms. The third kappa shape index (κ3) is 55.7. The maximum atomic E-state index is 13.5. The van der Waals surface area contributed by atoms with Crippen LogP contribution in [0.4, 0.5) is 0 Å². The number of allylic oxidation sites excluding steroid dienone is 15. The van der Waals surface area contributed by atoms with Gasteiger partial charge in [0.25, 0.3) is 7.82 Å². The van der Waals surface area contributed by atoms with Gasteiger partial charge >= 0.3 is 5.97 Å². The molecule has 0 radical (unpaired) electrons. The normalized spacial score (nSPS) is 14.4. The third-order valence-corrected chi connectivity index (χ3v) is 14.2. The minimum atomic E-state index is -4.72. The summed E-state index contributed by atoms with van der Waals surface area (Å²) >= 11 is 0. The Hall–Kier alpha value is -3.07. The van der Waals surface area contributed by atoms with Crippen molar-refractivity contribution in [3.8, 4) is 0 Å². The molecule has 0 saturated carbocycles. The zero-order valence-electron chi connectivity index (χ0n) is 49.9. The molecule has 1 amide bonds. The van der Waals surface area contributed by atoms with Crippen molar-refractivity contribution in [1.82, 2.24) is 5.32 Å². The lowest BCUT2D eigenvalue weighted by Crippen LogP contribution is -2.47. The number of unbranched alkanes of at least 4 members (excludes halogenated alkanes) is 25. The number of phosphoric acid groups is 1. The van der Waals surface area contributed by atoms with E-state index in [1.807, 2.05) is 45.4 Å². The van der Waals surface area contributed by atoms with E-state index < -0.39 is 26.6 Å². The Morgan fingerprint density at radius 3 is 1.29 bits per heavy atom. The number of esters is 1. The van der Waals surface area contributed by atoms with Gasteiger partial charge in [-0.1, -0.05) is 247 Å². The smallest absolute Gasteiger partial charge is 0.306 e. The van der Waals surface area contributed by atoms with Crippen LogP contribution in [0.3, 0.4) is 0 Å². The van der Waals surface area contributed by atoms with Gasteiger partial charge in [0.1, 0.15) is 19.3 Å². The maximum Gasteiger partial charge on any atom is 0.306 e. The standard InChI is InChI=1S/C66H117N2O7P/c1-7-10-13-16-19-22-25-28-30-32-34-36-38-40-43-46-49-52-55-58-65(69)67-63(62-74-76(71,72)73-61-60-68(4,5)6)64(57-54-51-48-45-42-27-24-21-18-15-12-9-3)75-66(70)59-56-53-50-47-44-41-39-37-35-33-31-29-26-23-20-17-14-11-8-2/h10,13,19,22,28-31,34,36,40,43,49,52,54,57,63-64H,7-9,11-12,14-18,20-21,23-27,32-33,35,37-39,41-42,44-48,50-51,53,55-56,58-62H2,1-6H3,(H-,67,69,71,72)/b13-10-,22-19-,30-28-,31-29+,36-34-,43-40-,52-49-,57-54+. The Kier molecular flexibility index (Phi) is 53.0. The van der Waals surface area contributed by atoms with E-state index in [0.717, 1.165) is 77.0 Å². The summed E-state index contributed by atoms with van der Waals surface area (Å²) in [5, 5.41) is 2.98. The Bertz CT molecular complexity index is 1620. The number of quaternary nitrogens is 1. The first kappa shape index (κ1) is 72.9. The van der Waals surface area contributed by atoms with Crippen LogP contribution in [-0.4, -0.2) is 69.4 Å². The highest BCUT2D eigenvalue weighted by molar-refractivity contribution is 7.45. The Labute approximate surface area is 468 Å². The molecule has 0 aliphatic carbocycles. The topological polar surface area (TPSA) is 114 Å². The number of carbonyl (C=O) groups is 2. The van der Waals surface area contributed by atoms with Gasteiger partial charge in [0.2, 0.25) is 5.91 Å². The van der Waals surface area contributed by atoms with Crippen molar-refractivity contribution in [2.24, 2.45) is 0 Å². The number of amides is 1. The quantitative estimate of drug-likeness (QED) is 0.0212. The molecule has 0 rings (SSSR count). The molecule has 10 heteroatoms. The second-order valence-electron chi connectivity index (χ2n) is 21.8. The fourth-order valence-electron chi connectivity index (χ4n) is 8.48. The molecule has 9 nitrogen and oxygen atoms in total. The van der Waals surface area contributed by atoms with Gasteiger partial charge in [-0.25, -0.2) is 0 Å². The summed E-state index contributed by atoms with van der Waals surface area (Å²) in [5.41, 5.74) is 0. The van der Waals surface area contributed by atoms with E-state index in [1.54, 1.807) is 0 Å². The van der Waals surface area contributed by atoms with Crippen LogP contribution in [0.1, 0.15) is 258 Å². The lowest BCUT2D eigenvalue weighted by molar-refractivity contribution is -0.870. The van der Waals surface area contributed by atoms with Gasteiger partial charge in [-0.2, -0.15) is 0 Å². The first-order valence-electron chi connectivity index (χ1n) is 31.0. The summed E-state index contributed by atoms with van der Waals surface area (Å²) < 4.78 is 30.2. The van der Waals surface area contributed by atoms with Gasteiger partial charge in [0, 0.05) is 12.8 Å². The zero-order chi connectivity index (χ0) is 55.7. The lowest BCUT2D eigenvalue weighted by Gasteiger charge is -2.30. The summed E-state index contributed by atoms with van der Waals surface area (Å²) in [4.78, 5) is 39.9. The number of nitrogens with one attached hydrogen (secondary N) is 1. The first-order valence-corrected chi connectivity index (χ1v) is 32.5. The molecule has 0 spiro atoms. The van der Waals surface area contributed by atoms with Gasteiger partial charge in [-0.05, 0) is 96.0 Å². The van der Waals surface area contributed by atoms with Crippen LogP contribution in [0.5, 0.6) is 0 Å². The van der Waals surface area contributed by atoms with E-state index >= 15 is 0 Å². The molecule has 0 heterocycles. The molecule has 0 fully saturated rings. The summed E-state index contributed by atoms with van der Waals surface area (Å²) in [6, 6.07) is -0.934. The van der Waals surface area contributed by atoms with Crippen LogP contribution in [0, 0.1) is 0 Å². The van der Waals surface area contributed by atoms with Crippen molar-refractivity contribution >= 4 is 19.7 Å². The van der Waals surface area contributed by atoms with Crippen LogP contribution in [0.25, 0.3) is 0 Å². The van der Waals surface area contributed by atoms with E-state index in [-0.39, 0.29) is 31.3 Å². The van der Waals surface area contributed by atoms with E-state index in [1.165, 1.54) is 135 Å². The lowest BCUT2D eigenvalue weighted by atomic mass is 10.0. The molecule has 76 heavy (non-hydrogen) atoms. The van der Waals surface area contributed by atoms with Crippen LogP contribution >= 0.6 is 7.82 Å². The number of phosphoric ester groups is 1. The largest absolute Gasteiger partial charge is 0.756 e. The summed E-state index contributed by atoms with van der Waals surface area (Å²) in [5.74, 6) is -0.643. The number of carbonyl (C=O) groups excluding carboxylic acids is 2. The molecular formula is C66H117N2O7P. The molecule has 0 aromatic rings. The van der Waals surface area contributed by atoms with E-state index in [2.05, 4.69) is 99.0 Å². The molecule has 0 saturated heterocycles. The van der Waals surface area contributed by atoms with E-state index in [4.69, 9.17) is 13.8 Å². The molecule has 0 aliphatic rings. The molecule has 438 valence electrons. The van der Waals surface area contributed by atoms with Gasteiger partial charge in [-0.15, -0.1) is 0 Å². The fourth-order valence-corrected chi connectivity index (χ4v) is 9.20. The fraction of sp³-hybridized carbons (Fsp3) is 0.727. The Balaban J connectivity index is 5.37. The number of rotatable bonds is 55. The van der Waals surface area contributed by atoms with Crippen LogP contribution in [-0.2, 0) is 27.9 Å². The Morgan fingerprint density at radius 1 is 0.474 bits per heavy atom. The maximum absolute atomic E-state index is 13.5. The third-order valence-electron chi connectivity index (χ3n) is 13.3. The number of likely N-dealkylation sites (N-methyl/N-ethyl adjacent to an activating group) is 1. The highest BCUT2D eigenvalue weighted by Gasteiger charge is 2.27.